The van der Waals surface area contributed by atoms with Crippen molar-refractivity contribution < 1.29 is 27.9 Å². The topological polar surface area (TPSA) is 84.2 Å². The highest BCUT2D eigenvalue weighted by Gasteiger charge is 2.40. The van der Waals surface area contributed by atoms with Gasteiger partial charge in [0.15, 0.2) is 5.69 Å². The fourth-order valence-electron chi connectivity index (χ4n) is 2.42. The number of unbranched alkanes of at least 4 members (excludes halogenated alkanes) is 2. The first-order valence-electron chi connectivity index (χ1n) is 8.02. The Hall–Kier alpha value is -2.84. The number of aromatic carboxylic acids is 1. The zero-order valence-electron chi connectivity index (χ0n) is 14.0. The third-order valence-corrected chi connectivity index (χ3v) is 3.67. The van der Waals surface area contributed by atoms with E-state index in [1.807, 2.05) is 6.92 Å². The van der Waals surface area contributed by atoms with Crippen LogP contribution in [0.15, 0.2) is 30.5 Å². The zero-order valence-corrected chi connectivity index (χ0v) is 14.0. The molecule has 1 aromatic heterocycles. The van der Waals surface area contributed by atoms with Gasteiger partial charge in [0.1, 0.15) is 5.56 Å². The van der Waals surface area contributed by atoms with Crippen molar-refractivity contribution >= 4 is 17.6 Å². The average molecular weight is 369 g/mol. The Morgan fingerprint density at radius 3 is 2.38 bits per heavy atom. The fraction of sp³-hybridized carbons (Fsp3) is 0.353. The van der Waals surface area contributed by atoms with E-state index in [1.54, 1.807) is 0 Å². The number of hydrogen-bond acceptors (Lipinski definition) is 3. The van der Waals surface area contributed by atoms with E-state index in [0.717, 1.165) is 19.3 Å². The maximum Gasteiger partial charge on any atom is 0.434 e. The van der Waals surface area contributed by atoms with E-state index in [2.05, 4.69) is 10.4 Å². The van der Waals surface area contributed by atoms with E-state index >= 15 is 0 Å². The summed E-state index contributed by atoms with van der Waals surface area (Å²) in [5.41, 5.74) is -1.81. The number of benzene rings is 1. The van der Waals surface area contributed by atoms with Crippen molar-refractivity contribution in [2.45, 2.75) is 38.8 Å². The Labute approximate surface area is 147 Å². The van der Waals surface area contributed by atoms with Gasteiger partial charge < -0.3 is 10.4 Å². The molecular formula is C17H18F3N3O3. The highest BCUT2D eigenvalue weighted by Crippen LogP contribution is 2.33. The molecule has 140 valence electrons. The van der Waals surface area contributed by atoms with Gasteiger partial charge in [0.25, 0.3) is 0 Å². The molecule has 1 amide bonds. The zero-order chi connectivity index (χ0) is 19.3. The van der Waals surface area contributed by atoms with Gasteiger partial charge in [0, 0.05) is 12.1 Å². The number of amides is 1. The van der Waals surface area contributed by atoms with Gasteiger partial charge in [-0.2, -0.15) is 18.3 Å². The second-order valence-electron chi connectivity index (χ2n) is 5.67. The highest BCUT2D eigenvalue weighted by atomic mass is 19.4. The van der Waals surface area contributed by atoms with Gasteiger partial charge in [-0.05, 0) is 30.7 Å². The lowest BCUT2D eigenvalue weighted by Crippen LogP contribution is -2.17. The molecule has 0 aliphatic carbocycles. The summed E-state index contributed by atoms with van der Waals surface area (Å²) < 4.78 is 40.1. The van der Waals surface area contributed by atoms with Gasteiger partial charge in [0.2, 0.25) is 5.91 Å². The molecule has 0 spiro atoms. The first-order chi connectivity index (χ1) is 12.2. The third-order valence-electron chi connectivity index (χ3n) is 3.67. The number of anilines is 1. The minimum Gasteiger partial charge on any atom is -0.478 e. The van der Waals surface area contributed by atoms with E-state index in [1.165, 1.54) is 24.3 Å². The van der Waals surface area contributed by atoms with Crippen molar-refractivity contribution in [1.29, 1.82) is 0 Å². The Kier molecular flexibility index (Phi) is 6.01. The van der Waals surface area contributed by atoms with Crippen LogP contribution in [0.1, 0.15) is 48.7 Å². The number of hydrogen-bond donors (Lipinski definition) is 2. The van der Waals surface area contributed by atoms with Crippen LogP contribution >= 0.6 is 0 Å². The second kappa shape index (κ2) is 8.03. The monoisotopic (exact) mass is 369 g/mol. The molecule has 2 rings (SSSR count). The van der Waals surface area contributed by atoms with Crippen molar-refractivity contribution in [3.63, 3.8) is 0 Å². The minimum atomic E-state index is -4.88. The van der Waals surface area contributed by atoms with E-state index < -0.39 is 23.4 Å². The fourth-order valence-corrected chi connectivity index (χ4v) is 2.42. The van der Waals surface area contributed by atoms with Gasteiger partial charge in [-0.15, -0.1) is 0 Å². The standard InChI is InChI=1S/C17H18F3N3O3/c1-2-3-4-5-14(24)22-11-6-8-12(9-7-11)23-15(17(18,19)20)13(10-21-23)16(25)26/h6-10H,2-5H2,1H3,(H,22,24)(H,25,26). The molecule has 1 heterocycles. The smallest absolute Gasteiger partial charge is 0.434 e. The van der Waals surface area contributed by atoms with Crippen molar-refractivity contribution in [3.8, 4) is 5.69 Å². The summed E-state index contributed by atoms with van der Waals surface area (Å²) in [4.78, 5) is 22.8. The molecule has 1 aromatic carbocycles. The van der Waals surface area contributed by atoms with E-state index in [0.29, 0.717) is 23.0 Å². The average Bonchev–Trinajstić information content (AvgIpc) is 3.01. The summed E-state index contributed by atoms with van der Waals surface area (Å²) >= 11 is 0. The number of nitrogens with zero attached hydrogens (tertiary/aromatic N) is 2. The number of rotatable bonds is 7. The molecule has 0 fully saturated rings. The summed E-state index contributed by atoms with van der Waals surface area (Å²) in [5.74, 6) is -1.88. The molecule has 0 unspecified atom stereocenters. The van der Waals surface area contributed by atoms with Crippen molar-refractivity contribution in [2.75, 3.05) is 5.32 Å². The summed E-state index contributed by atoms with van der Waals surface area (Å²) in [7, 11) is 0. The van der Waals surface area contributed by atoms with Crippen LogP contribution in [-0.4, -0.2) is 26.8 Å². The minimum absolute atomic E-state index is 0.0359. The molecule has 2 N–H and O–H groups in total. The number of carbonyl (C=O) groups excluding carboxylic acids is 1. The van der Waals surface area contributed by atoms with Crippen LogP contribution in [0.5, 0.6) is 0 Å². The van der Waals surface area contributed by atoms with Crippen LogP contribution in [0, 0.1) is 0 Å². The summed E-state index contributed by atoms with van der Waals surface area (Å²) in [6, 6.07) is 5.54. The van der Waals surface area contributed by atoms with Crippen LogP contribution in [-0.2, 0) is 11.0 Å². The SMILES string of the molecule is CCCCCC(=O)Nc1ccc(-n2ncc(C(=O)O)c2C(F)(F)F)cc1. The molecule has 9 heteroatoms. The molecule has 0 aliphatic heterocycles. The molecule has 0 atom stereocenters. The molecule has 0 saturated carbocycles. The lowest BCUT2D eigenvalue weighted by atomic mass is 10.2. The molecule has 0 radical (unpaired) electrons. The molecule has 0 bridgehead atoms. The van der Waals surface area contributed by atoms with Crippen molar-refractivity contribution in [2.24, 2.45) is 0 Å². The van der Waals surface area contributed by atoms with Gasteiger partial charge in [-0.1, -0.05) is 19.8 Å². The normalized spacial score (nSPS) is 11.4. The third kappa shape index (κ3) is 4.62. The Balaban J connectivity index is 2.21. The summed E-state index contributed by atoms with van der Waals surface area (Å²) in [6.45, 7) is 2.02. The number of carbonyl (C=O) groups is 2. The lowest BCUT2D eigenvalue weighted by molar-refractivity contribution is -0.143. The van der Waals surface area contributed by atoms with Crippen LogP contribution in [0.3, 0.4) is 0 Å². The number of halogens is 3. The van der Waals surface area contributed by atoms with Crippen LogP contribution in [0.4, 0.5) is 18.9 Å². The number of aromatic nitrogens is 2. The van der Waals surface area contributed by atoms with Crippen molar-refractivity contribution in [3.05, 3.63) is 41.7 Å². The molecule has 2 aromatic rings. The van der Waals surface area contributed by atoms with Crippen LogP contribution < -0.4 is 5.32 Å². The van der Waals surface area contributed by atoms with Crippen LogP contribution in [0.25, 0.3) is 5.69 Å². The molecule has 26 heavy (non-hydrogen) atoms. The largest absolute Gasteiger partial charge is 0.478 e. The van der Waals surface area contributed by atoms with Gasteiger partial charge in [0.05, 0.1) is 11.9 Å². The number of alkyl halides is 3. The number of carboxylic acids is 1. The maximum atomic E-state index is 13.2. The highest BCUT2D eigenvalue weighted by molar-refractivity contribution is 5.91. The first kappa shape index (κ1) is 19.5. The van der Waals surface area contributed by atoms with Gasteiger partial charge in [-0.3, -0.25) is 4.79 Å². The van der Waals surface area contributed by atoms with E-state index in [-0.39, 0.29) is 11.6 Å². The van der Waals surface area contributed by atoms with Gasteiger partial charge in [-0.25, -0.2) is 9.48 Å². The van der Waals surface area contributed by atoms with E-state index in [4.69, 9.17) is 5.11 Å². The lowest BCUT2D eigenvalue weighted by Gasteiger charge is -2.12. The number of carboxylic acid groups (broad SMARTS) is 1. The molecule has 0 aliphatic rings. The predicted octanol–water partition coefficient (Wildman–Crippen LogP) is 4.11. The summed E-state index contributed by atoms with van der Waals surface area (Å²) in [6.07, 6.45) is -1.15. The van der Waals surface area contributed by atoms with Crippen LogP contribution in [0.2, 0.25) is 0 Å². The first-order valence-corrected chi connectivity index (χ1v) is 8.02. The summed E-state index contributed by atoms with van der Waals surface area (Å²) in [5, 5.41) is 15.1. The molecule has 6 nitrogen and oxygen atoms in total. The Morgan fingerprint density at radius 2 is 1.85 bits per heavy atom. The second-order valence-corrected chi connectivity index (χ2v) is 5.67. The van der Waals surface area contributed by atoms with E-state index in [9.17, 15) is 22.8 Å². The predicted molar refractivity (Wildman–Crippen MR) is 88.3 cm³/mol. The van der Waals surface area contributed by atoms with Crippen molar-refractivity contribution in [1.82, 2.24) is 9.78 Å². The Morgan fingerprint density at radius 1 is 1.19 bits per heavy atom. The Bertz CT molecular complexity index is 783. The molecular weight excluding hydrogens is 351 g/mol. The molecule has 0 saturated heterocycles. The van der Waals surface area contributed by atoms with Gasteiger partial charge >= 0.3 is 12.1 Å². The maximum absolute atomic E-state index is 13.2. The quantitative estimate of drug-likeness (QED) is 0.720. The number of nitrogens with one attached hydrogen (secondary N) is 1.